The summed E-state index contributed by atoms with van der Waals surface area (Å²) < 4.78 is 7.51. The van der Waals surface area contributed by atoms with Gasteiger partial charge in [0, 0.05) is 16.9 Å². The fourth-order valence-electron chi connectivity index (χ4n) is 3.75. The molecule has 2 heterocycles. The second kappa shape index (κ2) is 11.5. The van der Waals surface area contributed by atoms with Gasteiger partial charge in [-0.05, 0) is 49.4 Å². The van der Waals surface area contributed by atoms with E-state index in [9.17, 15) is 10.1 Å². The van der Waals surface area contributed by atoms with E-state index in [0.29, 0.717) is 37.3 Å². The molecule has 0 unspecified atom stereocenters. The summed E-state index contributed by atoms with van der Waals surface area (Å²) in [5, 5.41) is 23.2. The van der Waals surface area contributed by atoms with E-state index in [0.717, 1.165) is 31.2 Å². The second-order valence-corrected chi connectivity index (χ2v) is 10.8. The Balaban J connectivity index is 1.35. The third kappa shape index (κ3) is 5.87. The van der Waals surface area contributed by atoms with Crippen molar-refractivity contribution in [3.8, 4) is 11.8 Å². The van der Waals surface area contributed by atoms with Crippen LogP contribution < -0.4 is 10.1 Å². The number of aryl methyl sites for hydroxylation is 1. The van der Waals surface area contributed by atoms with Crippen LogP contribution in [0.3, 0.4) is 0 Å². The molecule has 11 heteroatoms. The van der Waals surface area contributed by atoms with Crippen LogP contribution in [-0.4, -0.2) is 26.4 Å². The molecule has 3 aromatic rings. The maximum Gasteiger partial charge on any atom is 0.235 e. The number of carbonyl (C=O) groups is 1. The molecule has 34 heavy (non-hydrogen) atoms. The normalized spacial score (nSPS) is 13.5. The number of thiophene rings is 1. The number of ether oxygens (including phenoxy) is 1. The highest BCUT2D eigenvalue weighted by molar-refractivity contribution is 7.99. The SMILES string of the molecule is Cn1c(COc2ccc(Cl)cc2Cl)nnc1SCC(=O)Nc1sc2c(c1C#N)CCCCCC2. The number of hydrogen-bond acceptors (Lipinski definition) is 7. The van der Waals surface area contributed by atoms with Gasteiger partial charge in [0.15, 0.2) is 11.0 Å². The lowest BCUT2D eigenvalue weighted by Crippen LogP contribution is -2.14. The lowest BCUT2D eigenvalue weighted by Gasteiger charge is -2.09. The van der Waals surface area contributed by atoms with Crippen LogP contribution in [0.2, 0.25) is 10.0 Å². The van der Waals surface area contributed by atoms with Crippen molar-refractivity contribution in [2.75, 3.05) is 11.1 Å². The molecule has 0 radical (unpaired) electrons. The fraction of sp³-hybridized carbons (Fsp3) is 0.391. The van der Waals surface area contributed by atoms with E-state index in [1.807, 2.05) is 7.05 Å². The standard InChI is InChI=1S/C23H23Cl2N5O2S2/c1-30-20(12-32-18-9-8-14(24)10-17(18)25)28-29-23(30)33-13-21(31)27-22-16(11-26)15-6-4-2-3-5-7-19(15)34-22/h8-10H,2-7,12-13H2,1H3,(H,27,31). The Morgan fingerprint density at radius 2 is 2.06 bits per heavy atom. The maximum absolute atomic E-state index is 12.7. The summed E-state index contributed by atoms with van der Waals surface area (Å²) in [6, 6.07) is 7.32. The molecule has 178 valence electrons. The van der Waals surface area contributed by atoms with Crippen molar-refractivity contribution in [3.05, 3.63) is 50.1 Å². The molecule has 1 amide bonds. The monoisotopic (exact) mass is 535 g/mol. The van der Waals surface area contributed by atoms with Gasteiger partial charge in [-0.1, -0.05) is 47.8 Å². The van der Waals surface area contributed by atoms with Gasteiger partial charge in [-0.25, -0.2) is 0 Å². The summed E-state index contributed by atoms with van der Waals surface area (Å²) >= 11 is 14.9. The van der Waals surface area contributed by atoms with E-state index in [1.54, 1.807) is 34.1 Å². The highest BCUT2D eigenvalue weighted by Gasteiger charge is 2.21. The van der Waals surface area contributed by atoms with Gasteiger partial charge in [0.05, 0.1) is 16.3 Å². The van der Waals surface area contributed by atoms with E-state index in [-0.39, 0.29) is 18.3 Å². The summed E-state index contributed by atoms with van der Waals surface area (Å²) in [5.41, 5.74) is 1.74. The lowest BCUT2D eigenvalue weighted by atomic mass is 9.97. The van der Waals surface area contributed by atoms with Crippen molar-refractivity contribution in [1.82, 2.24) is 14.8 Å². The van der Waals surface area contributed by atoms with Gasteiger partial charge in [-0.2, -0.15) is 5.26 Å². The minimum Gasteiger partial charge on any atom is -0.484 e. The molecule has 7 nitrogen and oxygen atoms in total. The summed E-state index contributed by atoms with van der Waals surface area (Å²) in [6.07, 6.45) is 6.51. The minimum absolute atomic E-state index is 0.156. The summed E-state index contributed by atoms with van der Waals surface area (Å²) in [7, 11) is 1.81. The van der Waals surface area contributed by atoms with Gasteiger partial charge in [0.25, 0.3) is 0 Å². The third-order valence-electron chi connectivity index (χ3n) is 5.54. The highest BCUT2D eigenvalue weighted by Crippen LogP contribution is 2.36. The summed E-state index contributed by atoms with van der Waals surface area (Å²) in [4.78, 5) is 13.9. The number of nitrogens with one attached hydrogen (secondary N) is 1. The van der Waals surface area contributed by atoms with Crippen LogP contribution >= 0.6 is 46.3 Å². The van der Waals surface area contributed by atoms with E-state index in [2.05, 4.69) is 21.6 Å². The number of aromatic nitrogens is 3. The Labute approximate surface area is 216 Å². The number of amides is 1. The molecular weight excluding hydrogens is 513 g/mol. The molecule has 0 bridgehead atoms. The van der Waals surface area contributed by atoms with E-state index in [4.69, 9.17) is 27.9 Å². The first-order valence-electron chi connectivity index (χ1n) is 10.9. The quantitative estimate of drug-likeness (QED) is 0.371. The van der Waals surface area contributed by atoms with Crippen LogP contribution in [0.25, 0.3) is 0 Å². The Bertz CT molecular complexity index is 1230. The maximum atomic E-state index is 12.7. The molecule has 2 aromatic heterocycles. The largest absolute Gasteiger partial charge is 0.484 e. The van der Waals surface area contributed by atoms with Crippen LogP contribution in [-0.2, 0) is 31.3 Å². The second-order valence-electron chi connectivity index (χ2n) is 7.89. The molecule has 1 N–H and O–H groups in total. The molecule has 4 rings (SSSR count). The Morgan fingerprint density at radius 3 is 2.82 bits per heavy atom. The molecule has 0 saturated carbocycles. The third-order valence-corrected chi connectivity index (χ3v) is 8.30. The van der Waals surface area contributed by atoms with Gasteiger partial charge in [0.1, 0.15) is 23.4 Å². The van der Waals surface area contributed by atoms with E-state index in [1.165, 1.54) is 29.5 Å². The number of fused-ring (bicyclic) bond motifs is 1. The Morgan fingerprint density at radius 1 is 1.26 bits per heavy atom. The zero-order valence-corrected chi connectivity index (χ0v) is 21.7. The van der Waals surface area contributed by atoms with Gasteiger partial charge in [-0.15, -0.1) is 21.5 Å². The van der Waals surface area contributed by atoms with Crippen LogP contribution in [0, 0.1) is 11.3 Å². The number of nitriles is 1. The van der Waals surface area contributed by atoms with Gasteiger partial charge in [0.2, 0.25) is 5.91 Å². The molecule has 1 aliphatic carbocycles. The first-order valence-corrected chi connectivity index (χ1v) is 13.5. The van der Waals surface area contributed by atoms with Crippen molar-refractivity contribution in [3.63, 3.8) is 0 Å². The number of halogens is 2. The summed E-state index contributed by atoms with van der Waals surface area (Å²) in [6.45, 7) is 0.171. The molecule has 1 aromatic carbocycles. The Kier molecular flexibility index (Phi) is 8.37. The number of carbonyl (C=O) groups excluding carboxylic acids is 1. The Hall–Kier alpha value is -2.25. The fourth-order valence-corrected chi connectivity index (χ4v) is 6.20. The van der Waals surface area contributed by atoms with Crippen molar-refractivity contribution in [1.29, 1.82) is 5.26 Å². The number of nitrogens with zero attached hydrogens (tertiary/aromatic N) is 4. The molecule has 0 atom stereocenters. The minimum atomic E-state index is -0.176. The van der Waals surface area contributed by atoms with Crippen molar-refractivity contribution in [2.45, 2.75) is 50.3 Å². The lowest BCUT2D eigenvalue weighted by molar-refractivity contribution is -0.113. The molecule has 0 aliphatic heterocycles. The average Bonchev–Trinajstić information content (AvgIpc) is 3.30. The first-order chi connectivity index (χ1) is 16.5. The zero-order valence-electron chi connectivity index (χ0n) is 18.6. The van der Waals surface area contributed by atoms with Crippen molar-refractivity contribution < 1.29 is 9.53 Å². The van der Waals surface area contributed by atoms with Gasteiger partial charge >= 0.3 is 0 Å². The van der Waals surface area contributed by atoms with Gasteiger partial charge in [-0.3, -0.25) is 4.79 Å². The van der Waals surface area contributed by atoms with Gasteiger partial charge < -0.3 is 14.6 Å². The average molecular weight is 537 g/mol. The number of hydrogen-bond donors (Lipinski definition) is 1. The molecular formula is C23H23Cl2N5O2S2. The first kappa shape index (κ1) is 24.9. The van der Waals surface area contributed by atoms with Crippen LogP contribution in [0.15, 0.2) is 23.4 Å². The van der Waals surface area contributed by atoms with Crippen LogP contribution in [0.1, 0.15) is 47.5 Å². The predicted octanol–water partition coefficient (Wildman–Crippen LogP) is 6.02. The van der Waals surface area contributed by atoms with E-state index < -0.39 is 0 Å². The topological polar surface area (TPSA) is 92.8 Å². The number of thioether (sulfide) groups is 1. The molecule has 1 aliphatic rings. The summed E-state index contributed by atoms with van der Waals surface area (Å²) in [5.74, 6) is 1.08. The smallest absolute Gasteiger partial charge is 0.235 e. The zero-order chi connectivity index (χ0) is 24.1. The number of benzene rings is 1. The van der Waals surface area contributed by atoms with Crippen LogP contribution in [0.5, 0.6) is 5.75 Å². The molecule has 0 saturated heterocycles. The molecule has 0 spiro atoms. The van der Waals surface area contributed by atoms with Crippen molar-refractivity contribution in [2.24, 2.45) is 7.05 Å². The van der Waals surface area contributed by atoms with Crippen LogP contribution in [0.4, 0.5) is 5.00 Å². The van der Waals surface area contributed by atoms with E-state index >= 15 is 0 Å². The molecule has 0 fully saturated rings. The highest BCUT2D eigenvalue weighted by atomic mass is 35.5. The number of anilines is 1. The predicted molar refractivity (Wildman–Crippen MR) is 136 cm³/mol. The van der Waals surface area contributed by atoms with Crippen molar-refractivity contribution >= 4 is 57.2 Å². The number of rotatable bonds is 7.